The maximum atomic E-state index is 11.1. The van der Waals surface area contributed by atoms with Gasteiger partial charge in [-0.15, -0.1) is 0 Å². The van der Waals surface area contributed by atoms with Gasteiger partial charge in [-0.2, -0.15) is 0 Å². The van der Waals surface area contributed by atoms with Crippen LogP contribution in [0.1, 0.15) is 33.6 Å². The molecule has 1 heterocycles. The Balaban J connectivity index is 2.31. The summed E-state index contributed by atoms with van der Waals surface area (Å²) in [6.07, 6.45) is 1.55. The maximum Gasteiger partial charge on any atom is 0.307 e. The van der Waals surface area contributed by atoms with E-state index in [-0.39, 0.29) is 5.97 Å². The molecular formula is C12H22N2O2S. The van der Waals surface area contributed by atoms with Gasteiger partial charge in [-0.1, -0.05) is 25.6 Å². The number of hydrogen-bond acceptors (Lipinski definition) is 4. The predicted molar refractivity (Wildman–Crippen MR) is 72.4 cm³/mol. The number of carbonyl (C=O) groups excluding carboxylic acids is 1. The highest BCUT2D eigenvalue weighted by atomic mass is 32.2. The SMILES string of the molecule is CCOC(=O)CCN=C1NC(C(C)C)CCS1. The van der Waals surface area contributed by atoms with Crippen molar-refractivity contribution >= 4 is 22.9 Å². The van der Waals surface area contributed by atoms with Gasteiger partial charge in [0.2, 0.25) is 0 Å². The lowest BCUT2D eigenvalue weighted by Crippen LogP contribution is -2.41. The van der Waals surface area contributed by atoms with E-state index in [1.807, 2.05) is 6.92 Å². The Morgan fingerprint density at radius 1 is 1.65 bits per heavy atom. The zero-order valence-corrected chi connectivity index (χ0v) is 11.7. The molecule has 98 valence electrons. The molecule has 1 N–H and O–H groups in total. The third-order valence-electron chi connectivity index (χ3n) is 2.66. The highest BCUT2D eigenvalue weighted by Gasteiger charge is 2.19. The van der Waals surface area contributed by atoms with Crippen LogP contribution in [0.25, 0.3) is 0 Å². The van der Waals surface area contributed by atoms with E-state index >= 15 is 0 Å². The van der Waals surface area contributed by atoms with E-state index in [4.69, 9.17) is 4.74 Å². The Hall–Kier alpha value is -0.710. The fraction of sp³-hybridized carbons (Fsp3) is 0.833. The lowest BCUT2D eigenvalue weighted by Gasteiger charge is -2.28. The molecule has 4 nitrogen and oxygen atoms in total. The summed E-state index contributed by atoms with van der Waals surface area (Å²) in [5.41, 5.74) is 0. The van der Waals surface area contributed by atoms with Crippen LogP contribution in [-0.4, -0.2) is 36.1 Å². The average Bonchev–Trinajstić information content (AvgIpc) is 2.30. The number of esters is 1. The zero-order valence-electron chi connectivity index (χ0n) is 10.9. The maximum absolute atomic E-state index is 11.1. The Kier molecular flexibility index (Phi) is 6.40. The van der Waals surface area contributed by atoms with Crippen molar-refractivity contribution in [2.75, 3.05) is 18.9 Å². The van der Waals surface area contributed by atoms with E-state index < -0.39 is 0 Å². The summed E-state index contributed by atoms with van der Waals surface area (Å²) in [7, 11) is 0. The molecule has 0 spiro atoms. The van der Waals surface area contributed by atoms with E-state index in [1.165, 1.54) is 6.42 Å². The van der Waals surface area contributed by atoms with Crippen molar-refractivity contribution in [2.24, 2.45) is 10.9 Å². The molecule has 0 aliphatic carbocycles. The molecule has 17 heavy (non-hydrogen) atoms. The van der Waals surface area contributed by atoms with Crippen LogP contribution < -0.4 is 5.32 Å². The van der Waals surface area contributed by atoms with Gasteiger partial charge in [-0.25, -0.2) is 0 Å². The second kappa shape index (κ2) is 7.58. The summed E-state index contributed by atoms with van der Waals surface area (Å²) in [5.74, 6) is 1.55. The fourth-order valence-electron chi connectivity index (χ4n) is 1.63. The molecule has 0 radical (unpaired) electrons. The van der Waals surface area contributed by atoms with Gasteiger partial charge in [-0.3, -0.25) is 9.79 Å². The van der Waals surface area contributed by atoms with Crippen molar-refractivity contribution < 1.29 is 9.53 Å². The quantitative estimate of drug-likeness (QED) is 0.767. The van der Waals surface area contributed by atoms with Gasteiger partial charge in [0.15, 0.2) is 5.17 Å². The van der Waals surface area contributed by atoms with Crippen LogP contribution >= 0.6 is 11.8 Å². The lowest BCUT2D eigenvalue weighted by atomic mass is 10.0. The van der Waals surface area contributed by atoms with Gasteiger partial charge in [-0.05, 0) is 19.3 Å². The van der Waals surface area contributed by atoms with Crippen molar-refractivity contribution in [3.05, 3.63) is 0 Å². The average molecular weight is 258 g/mol. The van der Waals surface area contributed by atoms with Crippen molar-refractivity contribution in [3.8, 4) is 0 Å². The van der Waals surface area contributed by atoms with Crippen LogP contribution in [0.5, 0.6) is 0 Å². The molecule has 1 saturated heterocycles. The first-order valence-electron chi connectivity index (χ1n) is 6.23. The summed E-state index contributed by atoms with van der Waals surface area (Å²) >= 11 is 1.74. The number of hydrogen-bond donors (Lipinski definition) is 1. The van der Waals surface area contributed by atoms with E-state index in [1.54, 1.807) is 11.8 Å². The van der Waals surface area contributed by atoms with Crippen LogP contribution in [0.4, 0.5) is 0 Å². The standard InChI is InChI=1S/C12H22N2O2S/c1-4-16-11(15)5-7-13-12-14-10(9(2)3)6-8-17-12/h9-10H,4-8H2,1-3H3,(H,13,14). The number of thioether (sulfide) groups is 1. The number of amidine groups is 1. The molecule has 0 amide bonds. The Morgan fingerprint density at radius 3 is 3.06 bits per heavy atom. The van der Waals surface area contributed by atoms with Crippen molar-refractivity contribution in [3.63, 3.8) is 0 Å². The first-order chi connectivity index (χ1) is 8.13. The number of ether oxygens (including phenoxy) is 1. The van der Waals surface area contributed by atoms with E-state index in [2.05, 4.69) is 24.2 Å². The van der Waals surface area contributed by atoms with Crippen molar-refractivity contribution in [1.82, 2.24) is 5.32 Å². The van der Waals surface area contributed by atoms with Crippen LogP contribution in [0.15, 0.2) is 4.99 Å². The minimum absolute atomic E-state index is 0.168. The Labute approximate surface area is 108 Å². The van der Waals surface area contributed by atoms with Crippen LogP contribution in [-0.2, 0) is 9.53 Å². The number of rotatable bonds is 5. The van der Waals surface area contributed by atoms with Gasteiger partial charge < -0.3 is 10.1 Å². The van der Waals surface area contributed by atoms with Gasteiger partial charge in [0.25, 0.3) is 0 Å². The first kappa shape index (κ1) is 14.4. The fourth-order valence-corrected chi connectivity index (χ4v) is 2.61. The Morgan fingerprint density at radius 2 is 2.41 bits per heavy atom. The van der Waals surface area contributed by atoms with Crippen LogP contribution in [0.2, 0.25) is 0 Å². The van der Waals surface area contributed by atoms with E-state index in [0.717, 1.165) is 10.9 Å². The first-order valence-corrected chi connectivity index (χ1v) is 7.21. The minimum atomic E-state index is -0.168. The van der Waals surface area contributed by atoms with E-state index in [9.17, 15) is 4.79 Å². The Bertz CT molecular complexity index is 280. The van der Waals surface area contributed by atoms with Crippen molar-refractivity contribution in [1.29, 1.82) is 0 Å². The third-order valence-corrected chi connectivity index (χ3v) is 3.62. The summed E-state index contributed by atoms with van der Waals surface area (Å²) in [6.45, 7) is 7.19. The highest BCUT2D eigenvalue weighted by Crippen LogP contribution is 2.18. The van der Waals surface area contributed by atoms with Gasteiger partial charge >= 0.3 is 5.97 Å². The molecular weight excluding hydrogens is 236 g/mol. The number of aliphatic imine (C=N–C) groups is 1. The molecule has 1 atom stereocenters. The monoisotopic (exact) mass is 258 g/mol. The second-order valence-electron chi connectivity index (χ2n) is 4.37. The lowest BCUT2D eigenvalue weighted by molar-refractivity contribution is -0.142. The van der Waals surface area contributed by atoms with E-state index in [0.29, 0.717) is 31.5 Å². The van der Waals surface area contributed by atoms with Gasteiger partial charge in [0.1, 0.15) is 0 Å². The normalized spacial score (nSPS) is 22.6. The molecule has 1 aliphatic heterocycles. The zero-order chi connectivity index (χ0) is 12.7. The summed E-state index contributed by atoms with van der Waals surface area (Å²) in [4.78, 5) is 15.5. The smallest absolute Gasteiger partial charge is 0.307 e. The molecule has 1 rings (SSSR count). The van der Waals surface area contributed by atoms with Gasteiger partial charge in [0.05, 0.1) is 19.6 Å². The molecule has 0 aromatic heterocycles. The highest BCUT2D eigenvalue weighted by molar-refractivity contribution is 8.13. The molecule has 0 aromatic carbocycles. The number of carbonyl (C=O) groups is 1. The largest absolute Gasteiger partial charge is 0.466 e. The second-order valence-corrected chi connectivity index (χ2v) is 5.46. The molecule has 1 aliphatic rings. The molecule has 0 bridgehead atoms. The number of nitrogens with one attached hydrogen (secondary N) is 1. The van der Waals surface area contributed by atoms with Crippen molar-refractivity contribution in [2.45, 2.75) is 39.7 Å². The minimum Gasteiger partial charge on any atom is -0.466 e. The predicted octanol–water partition coefficient (Wildman–Crippen LogP) is 2.05. The van der Waals surface area contributed by atoms with Crippen LogP contribution in [0.3, 0.4) is 0 Å². The summed E-state index contributed by atoms with van der Waals surface area (Å²) in [6, 6.07) is 0.512. The van der Waals surface area contributed by atoms with Crippen LogP contribution in [0, 0.1) is 5.92 Å². The molecule has 0 saturated carbocycles. The molecule has 5 heteroatoms. The summed E-state index contributed by atoms with van der Waals surface area (Å²) < 4.78 is 4.86. The van der Waals surface area contributed by atoms with Gasteiger partial charge in [0, 0.05) is 11.8 Å². The summed E-state index contributed by atoms with van der Waals surface area (Å²) in [5, 5.41) is 4.39. The molecule has 1 unspecified atom stereocenters. The number of nitrogens with zero attached hydrogens (tertiary/aromatic N) is 1. The molecule has 1 fully saturated rings. The third kappa shape index (κ3) is 5.44. The molecule has 0 aromatic rings. The topological polar surface area (TPSA) is 50.7 Å².